The van der Waals surface area contributed by atoms with Crippen LogP contribution in [0.4, 0.5) is 0 Å². The van der Waals surface area contributed by atoms with Gasteiger partial charge < -0.3 is 10.2 Å². The molecule has 0 bridgehead atoms. The Labute approximate surface area is 154 Å². The molecule has 1 aliphatic heterocycles. The maximum absolute atomic E-state index is 12.4. The molecule has 136 valence electrons. The summed E-state index contributed by atoms with van der Waals surface area (Å²) in [6, 6.07) is 17.7. The Morgan fingerprint density at radius 3 is 2.38 bits per heavy atom. The van der Waals surface area contributed by atoms with Crippen LogP contribution in [0.5, 0.6) is 0 Å². The van der Waals surface area contributed by atoms with Gasteiger partial charge >= 0.3 is 0 Å². The lowest BCUT2D eigenvalue weighted by Crippen LogP contribution is -2.50. The summed E-state index contributed by atoms with van der Waals surface area (Å²) in [5, 5.41) is 2.73. The average molecular weight is 351 g/mol. The molecule has 0 unspecified atom stereocenters. The SMILES string of the molecule is Cc1cccc(C(=O)NCC(=O)N2CCN(Cc3ccccc3)CC2)c1. The van der Waals surface area contributed by atoms with Gasteiger partial charge in [-0.25, -0.2) is 0 Å². The number of amides is 2. The van der Waals surface area contributed by atoms with E-state index < -0.39 is 0 Å². The third-order valence-corrected chi connectivity index (χ3v) is 4.65. The van der Waals surface area contributed by atoms with Crippen LogP contribution in [0.1, 0.15) is 21.5 Å². The first kappa shape index (κ1) is 18.1. The van der Waals surface area contributed by atoms with Crippen LogP contribution >= 0.6 is 0 Å². The number of hydrogen-bond acceptors (Lipinski definition) is 3. The summed E-state index contributed by atoms with van der Waals surface area (Å²) in [6.07, 6.45) is 0. The van der Waals surface area contributed by atoms with Gasteiger partial charge in [-0.05, 0) is 24.6 Å². The first-order chi connectivity index (χ1) is 12.6. The minimum absolute atomic E-state index is 0.0228. The summed E-state index contributed by atoms with van der Waals surface area (Å²) in [5.74, 6) is -0.227. The Bertz CT molecular complexity index is 753. The first-order valence-electron chi connectivity index (χ1n) is 9.01. The van der Waals surface area contributed by atoms with Gasteiger partial charge in [-0.2, -0.15) is 0 Å². The summed E-state index contributed by atoms with van der Waals surface area (Å²) in [7, 11) is 0. The van der Waals surface area contributed by atoms with Crippen molar-refractivity contribution in [3.05, 3.63) is 71.3 Å². The monoisotopic (exact) mass is 351 g/mol. The summed E-state index contributed by atoms with van der Waals surface area (Å²) in [5.41, 5.74) is 2.90. The highest BCUT2D eigenvalue weighted by molar-refractivity contribution is 5.96. The van der Waals surface area contributed by atoms with Gasteiger partial charge in [0.1, 0.15) is 0 Å². The van der Waals surface area contributed by atoms with E-state index in [0.29, 0.717) is 18.7 Å². The molecule has 0 saturated carbocycles. The van der Waals surface area contributed by atoms with Crippen LogP contribution in [0.15, 0.2) is 54.6 Å². The number of nitrogens with one attached hydrogen (secondary N) is 1. The summed E-state index contributed by atoms with van der Waals surface area (Å²) >= 11 is 0. The molecule has 1 N–H and O–H groups in total. The second-order valence-corrected chi connectivity index (χ2v) is 6.69. The Balaban J connectivity index is 1.43. The molecule has 0 atom stereocenters. The summed E-state index contributed by atoms with van der Waals surface area (Å²) < 4.78 is 0. The molecule has 2 aromatic rings. The van der Waals surface area contributed by atoms with Gasteiger partial charge in [0.2, 0.25) is 5.91 Å². The molecular weight excluding hydrogens is 326 g/mol. The fourth-order valence-electron chi connectivity index (χ4n) is 3.15. The fourth-order valence-corrected chi connectivity index (χ4v) is 3.15. The van der Waals surface area contributed by atoms with Gasteiger partial charge in [0.05, 0.1) is 6.54 Å². The molecular formula is C21H25N3O2. The molecule has 5 nitrogen and oxygen atoms in total. The van der Waals surface area contributed by atoms with E-state index in [1.54, 1.807) is 6.07 Å². The van der Waals surface area contributed by atoms with Gasteiger partial charge in [0, 0.05) is 38.3 Å². The smallest absolute Gasteiger partial charge is 0.251 e. The Kier molecular flexibility index (Phi) is 6.02. The zero-order valence-electron chi connectivity index (χ0n) is 15.1. The van der Waals surface area contributed by atoms with Crippen molar-refractivity contribution in [2.24, 2.45) is 0 Å². The minimum Gasteiger partial charge on any atom is -0.343 e. The highest BCUT2D eigenvalue weighted by atomic mass is 16.2. The quantitative estimate of drug-likeness (QED) is 0.897. The Morgan fingerprint density at radius 2 is 1.69 bits per heavy atom. The number of aryl methyl sites for hydroxylation is 1. The van der Waals surface area contributed by atoms with Crippen molar-refractivity contribution in [1.82, 2.24) is 15.1 Å². The van der Waals surface area contributed by atoms with E-state index in [9.17, 15) is 9.59 Å². The van der Waals surface area contributed by atoms with E-state index in [1.165, 1.54) is 5.56 Å². The second-order valence-electron chi connectivity index (χ2n) is 6.69. The summed E-state index contributed by atoms with van der Waals surface area (Å²) in [4.78, 5) is 28.7. The number of benzene rings is 2. The standard InChI is InChI=1S/C21H25N3O2/c1-17-6-5-9-19(14-17)21(26)22-15-20(25)24-12-10-23(11-13-24)16-18-7-3-2-4-8-18/h2-9,14H,10-13,15-16H2,1H3,(H,22,26). The molecule has 5 heteroatoms. The molecule has 0 radical (unpaired) electrons. The van der Waals surface area contributed by atoms with Crippen molar-refractivity contribution >= 4 is 11.8 Å². The fraction of sp³-hybridized carbons (Fsp3) is 0.333. The van der Waals surface area contributed by atoms with Crippen molar-refractivity contribution in [2.75, 3.05) is 32.7 Å². The van der Waals surface area contributed by atoms with Crippen molar-refractivity contribution in [2.45, 2.75) is 13.5 Å². The van der Waals surface area contributed by atoms with Gasteiger partial charge in [0.25, 0.3) is 5.91 Å². The number of carbonyl (C=O) groups excluding carboxylic acids is 2. The number of rotatable bonds is 5. The van der Waals surface area contributed by atoms with Crippen molar-refractivity contribution in [3.8, 4) is 0 Å². The summed E-state index contributed by atoms with van der Waals surface area (Å²) in [6.45, 7) is 6.01. The van der Waals surface area contributed by atoms with E-state index in [4.69, 9.17) is 0 Å². The van der Waals surface area contributed by atoms with Gasteiger partial charge in [-0.15, -0.1) is 0 Å². The maximum atomic E-state index is 12.4. The lowest BCUT2D eigenvalue weighted by Gasteiger charge is -2.34. The van der Waals surface area contributed by atoms with Crippen LogP contribution in [-0.2, 0) is 11.3 Å². The van der Waals surface area contributed by atoms with E-state index in [-0.39, 0.29) is 18.4 Å². The van der Waals surface area contributed by atoms with Crippen molar-refractivity contribution < 1.29 is 9.59 Å². The Morgan fingerprint density at radius 1 is 0.962 bits per heavy atom. The van der Waals surface area contributed by atoms with Gasteiger partial charge in [-0.3, -0.25) is 14.5 Å². The van der Waals surface area contributed by atoms with E-state index in [2.05, 4.69) is 22.3 Å². The highest BCUT2D eigenvalue weighted by Gasteiger charge is 2.21. The van der Waals surface area contributed by atoms with Crippen LogP contribution in [0.3, 0.4) is 0 Å². The lowest BCUT2D eigenvalue weighted by atomic mass is 10.1. The van der Waals surface area contributed by atoms with Gasteiger partial charge in [0.15, 0.2) is 0 Å². The average Bonchev–Trinajstić information content (AvgIpc) is 2.67. The molecule has 3 rings (SSSR count). The highest BCUT2D eigenvalue weighted by Crippen LogP contribution is 2.09. The molecule has 0 aromatic heterocycles. The minimum atomic E-state index is -0.204. The maximum Gasteiger partial charge on any atom is 0.251 e. The van der Waals surface area contributed by atoms with Gasteiger partial charge in [-0.1, -0.05) is 48.0 Å². The second kappa shape index (κ2) is 8.63. The van der Waals surface area contributed by atoms with Crippen LogP contribution in [0.25, 0.3) is 0 Å². The third kappa shape index (κ3) is 4.92. The predicted molar refractivity (Wildman–Crippen MR) is 102 cm³/mol. The van der Waals surface area contributed by atoms with Crippen LogP contribution in [-0.4, -0.2) is 54.3 Å². The van der Waals surface area contributed by atoms with E-state index in [1.807, 2.05) is 48.2 Å². The molecule has 0 spiro atoms. The molecule has 1 aliphatic rings. The third-order valence-electron chi connectivity index (χ3n) is 4.65. The lowest BCUT2D eigenvalue weighted by molar-refractivity contribution is -0.131. The Hall–Kier alpha value is -2.66. The first-order valence-corrected chi connectivity index (χ1v) is 9.01. The van der Waals surface area contributed by atoms with Crippen LogP contribution < -0.4 is 5.32 Å². The predicted octanol–water partition coefficient (Wildman–Crippen LogP) is 2.07. The number of piperazine rings is 1. The zero-order valence-corrected chi connectivity index (χ0v) is 15.1. The molecule has 1 heterocycles. The molecule has 2 aromatic carbocycles. The zero-order chi connectivity index (χ0) is 18.4. The number of hydrogen-bond donors (Lipinski definition) is 1. The molecule has 1 fully saturated rings. The van der Waals surface area contributed by atoms with Crippen LogP contribution in [0, 0.1) is 6.92 Å². The van der Waals surface area contributed by atoms with E-state index >= 15 is 0 Å². The topological polar surface area (TPSA) is 52.7 Å². The van der Waals surface area contributed by atoms with Crippen molar-refractivity contribution in [3.63, 3.8) is 0 Å². The largest absolute Gasteiger partial charge is 0.343 e. The van der Waals surface area contributed by atoms with E-state index in [0.717, 1.165) is 25.2 Å². The number of nitrogens with zero attached hydrogens (tertiary/aromatic N) is 2. The number of carbonyl (C=O) groups is 2. The molecule has 1 saturated heterocycles. The molecule has 2 amide bonds. The molecule has 26 heavy (non-hydrogen) atoms. The normalized spacial score (nSPS) is 14.9. The van der Waals surface area contributed by atoms with Crippen LogP contribution in [0.2, 0.25) is 0 Å². The molecule has 0 aliphatic carbocycles. The van der Waals surface area contributed by atoms with Crippen molar-refractivity contribution in [1.29, 1.82) is 0 Å².